The highest BCUT2D eigenvalue weighted by Gasteiger charge is 2.22. The van der Waals surface area contributed by atoms with Crippen LogP contribution in [0, 0.1) is 30.4 Å². The summed E-state index contributed by atoms with van der Waals surface area (Å²) in [5.41, 5.74) is -1.66. The van der Waals surface area contributed by atoms with Crippen molar-refractivity contribution in [1.82, 2.24) is 0 Å². The predicted octanol–water partition coefficient (Wildman–Crippen LogP) is 2.63. The van der Waals surface area contributed by atoms with Gasteiger partial charge in [0.25, 0.3) is 0 Å². The van der Waals surface area contributed by atoms with Gasteiger partial charge in [-0.1, -0.05) is 45.4 Å². The number of halogens is 7. The van der Waals surface area contributed by atoms with E-state index in [1.165, 1.54) is 7.14 Å². The fraction of sp³-hybridized carbons (Fsp3) is 0. The molecule has 0 saturated carbocycles. The van der Waals surface area contributed by atoms with E-state index in [-0.39, 0.29) is 27.3 Å². The number of hydrogen-bond acceptors (Lipinski definition) is 1. The maximum Gasteiger partial charge on any atom is 0.357 e. The van der Waals surface area contributed by atoms with Crippen molar-refractivity contribution in [3.05, 3.63) is 97.1 Å². The highest BCUT2D eigenvalue weighted by Crippen LogP contribution is 2.26. The Morgan fingerprint density at radius 1 is 0.615 bits per heavy atom. The van der Waals surface area contributed by atoms with Crippen LogP contribution in [-0.4, -0.2) is 0 Å². The third-order valence-corrected chi connectivity index (χ3v) is 5.63. The summed E-state index contributed by atoms with van der Waals surface area (Å²) in [7, 11) is 0. The van der Waals surface area contributed by atoms with Crippen molar-refractivity contribution in [1.29, 1.82) is 0 Å². The van der Waals surface area contributed by atoms with Gasteiger partial charge in [-0.25, -0.2) is 17.6 Å². The molecule has 1 nitrogen and oxygen atoms in total. The minimum Gasteiger partial charge on any atom is -0.204 e. The molecule has 0 aromatic heterocycles. The molecule has 3 aromatic carbocycles. The first-order valence-corrected chi connectivity index (χ1v) is 9.25. The minimum atomic E-state index is -2.27. The van der Waals surface area contributed by atoms with Crippen LogP contribution in [0.5, 0.6) is 0 Å². The molecule has 0 heterocycles. The van der Waals surface area contributed by atoms with Gasteiger partial charge in [0.1, 0.15) is 5.69 Å². The topological polar surface area (TPSA) is 3.24 Å². The molecule has 3 aromatic rings. The normalized spacial score (nSPS) is 10.1. The van der Waals surface area contributed by atoms with Gasteiger partial charge in [-0.2, -0.15) is 0 Å². The molecular weight excluding hydrogens is 471 g/mol. The molecular formula is C18H11F6IN+. The maximum atomic E-state index is 12.4. The monoisotopic (exact) mass is 482 g/mol. The van der Waals surface area contributed by atoms with Crippen LogP contribution in [-0.2, 0) is 0 Å². The largest absolute Gasteiger partial charge is 0.357 e. The molecule has 0 unspecified atom stereocenters. The molecule has 0 aliphatic rings. The summed E-state index contributed by atoms with van der Waals surface area (Å²) in [5, 5.41) is -1.85. The molecule has 0 saturated heterocycles. The zero-order valence-electron chi connectivity index (χ0n) is 12.9. The van der Waals surface area contributed by atoms with E-state index in [4.69, 9.17) is 0 Å². The number of rotatable bonds is 3. The van der Waals surface area contributed by atoms with Crippen LogP contribution in [0.2, 0.25) is 0 Å². The summed E-state index contributed by atoms with van der Waals surface area (Å²) in [6.07, 6.45) is 0. The average Bonchev–Trinajstić information content (AvgIpc) is 2.65. The van der Waals surface area contributed by atoms with Crippen molar-refractivity contribution >= 4 is 5.69 Å². The number of benzene rings is 3. The lowest BCUT2D eigenvalue weighted by molar-refractivity contribution is -0.597. The van der Waals surface area contributed by atoms with Gasteiger partial charge >= 0.3 is 21.2 Å². The van der Waals surface area contributed by atoms with E-state index in [0.717, 1.165) is 0 Å². The Labute approximate surface area is 156 Å². The first-order valence-electron chi connectivity index (χ1n) is 7.09. The van der Waals surface area contributed by atoms with Crippen LogP contribution in [0.25, 0.3) is 0 Å². The zero-order valence-corrected chi connectivity index (χ0v) is 15.1. The van der Waals surface area contributed by atoms with E-state index in [9.17, 15) is 26.5 Å². The predicted molar refractivity (Wildman–Crippen MR) is 81.2 cm³/mol. The summed E-state index contributed by atoms with van der Waals surface area (Å²) in [4.78, 5) is 0. The van der Waals surface area contributed by atoms with E-state index < -0.39 is 34.3 Å². The fourth-order valence-electron chi connectivity index (χ4n) is 1.76. The third kappa shape index (κ3) is 5.38. The van der Waals surface area contributed by atoms with Gasteiger partial charge in [0.2, 0.25) is 0 Å². The van der Waals surface area contributed by atoms with E-state index in [2.05, 4.69) is 60.7 Å². The van der Waals surface area contributed by atoms with E-state index in [1.807, 2.05) is 0 Å². The summed E-state index contributed by atoms with van der Waals surface area (Å²) >= 11 is 0.0287. The van der Waals surface area contributed by atoms with Crippen LogP contribution in [0.15, 0.2) is 66.7 Å². The molecule has 0 atom stereocenters. The molecule has 0 aliphatic carbocycles. The van der Waals surface area contributed by atoms with Gasteiger partial charge in [-0.15, -0.1) is 0 Å². The maximum absolute atomic E-state index is 12.4. The van der Waals surface area contributed by atoms with Crippen LogP contribution in [0.4, 0.5) is 32.2 Å². The van der Waals surface area contributed by atoms with Gasteiger partial charge in [0.15, 0.2) is 30.4 Å². The lowest BCUT2D eigenvalue weighted by Crippen LogP contribution is -3.61. The summed E-state index contributed by atoms with van der Waals surface area (Å²) in [5.74, 6) is -8.41. The van der Waals surface area contributed by atoms with Gasteiger partial charge in [0, 0.05) is 6.07 Å². The van der Waals surface area contributed by atoms with Crippen molar-refractivity contribution in [3.63, 3.8) is 0 Å². The Morgan fingerprint density at radius 3 is 1.50 bits per heavy atom. The van der Waals surface area contributed by atoms with Crippen LogP contribution in [0.3, 0.4) is 0 Å². The zero-order chi connectivity index (χ0) is 19.1. The van der Waals surface area contributed by atoms with Crippen LogP contribution < -0.4 is 26.5 Å². The van der Waals surface area contributed by atoms with Crippen molar-refractivity contribution < 1.29 is 47.7 Å². The van der Waals surface area contributed by atoms with Crippen molar-refractivity contribution in [2.45, 2.75) is 0 Å². The van der Waals surface area contributed by atoms with Gasteiger partial charge in [-0.3, -0.25) is 0 Å². The van der Waals surface area contributed by atoms with E-state index >= 15 is 0 Å². The summed E-state index contributed by atoms with van der Waals surface area (Å²) in [6, 6.07) is 21.3. The first-order chi connectivity index (χ1) is 12.4. The highest BCUT2D eigenvalue weighted by atomic mass is 127. The molecule has 136 valence electrons. The minimum absolute atomic E-state index is 0.0287. The van der Waals surface area contributed by atoms with E-state index in [1.54, 1.807) is 0 Å². The van der Waals surface area contributed by atoms with Crippen molar-refractivity contribution in [3.8, 4) is 0 Å². The Kier molecular flexibility index (Phi) is 7.31. The van der Waals surface area contributed by atoms with Crippen LogP contribution in [0.1, 0.15) is 0 Å². The molecule has 0 aliphatic heterocycles. The molecule has 3 rings (SSSR count). The Morgan fingerprint density at radius 2 is 1.08 bits per heavy atom. The molecule has 8 heteroatoms. The average molecular weight is 482 g/mol. The second-order valence-corrected chi connectivity index (χ2v) is 7.77. The summed E-state index contributed by atoms with van der Waals surface area (Å²) in [6.45, 7) is 0. The standard InChI is InChI=1S/C12H10I.C6HF6N/c1-3-7-11(8-4-1)13-12-9-5-2-6-10-12;7-2-1-3(13(11)12)5(9)6(10)4(2)8/h1-10H;1H/q+1;. The third-order valence-electron chi connectivity index (χ3n) is 2.95. The Bertz CT molecular complexity index is 806. The van der Waals surface area contributed by atoms with Gasteiger partial charge < -0.3 is 0 Å². The quantitative estimate of drug-likeness (QED) is 0.183. The smallest absolute Gasteiger partial charge is 0.204 e. The van der Waals surface area contributed by atoms with Gasteiger partial charge in [0.05, 0.1) is 0 Å². The number of anilines is 1. The lowest BCUT2D eigenvalue weighted by atomic mass is 10.3. The SMILES string of the molecule is Fc1cc(N(F)F)c(F)c(F)c1F.c1ccc([I+]c2ccccc2)cc1. The van der Waals surface area contributed by atoms with Crippen molar-refractivity contribution in [2.75, 3.05) is 5.34 Å². The van der Waals surface area contributed by atoms with Crippen LogP contribution >= 0.6 is 0 Å². The summed E-state index contributed by atoms with van der Waals surface area (Å²) < 4.78 is 75.3. The van der Waals surface area contributed by atoms with E-state index in [0.29, 0.717) is 0 Å². The molecule has 0 amide bonds. The second-order valence-electron chi connectivity index (χ2n) is 4.74. The first kappa shape index (κ1) is 20.1. The number of hydrogen-bond donors (Lipinski definition) is 0. The number of nitrogens with zero attached hydrogens (tertiary/aromatic N) is 1. The van der Waals surface area contributed by atoms with Crippen molar-refractivity contribution in [2.24, 2.45) is 0 Å². The lowest BCUT2D eigenvalue weighted by Gasteiger charge is -2.05. The highest BCUT2D eigenvalue weighted by molar-refractivity contribution is 5.44. The molecule has 0 fully saturated rings. The van der Waals surface area contributed by atoms with Gasteiger partial charge in [-0.05, 0) is 29.6 Å². The molecule has 0 bridgehead atoms. The molecule has 26 heavy (non-hydrogen) atoms. The molecule has 0 radical (unpaired) electrons. The molecule has 0 N–H and O–H groups in total. The molecule has 0 spiro atoms. The Balaban J connectivity index is 0.000000187. The fourth-order valence-corrected chi connectivity index (χ4v) is 4.03. The Hall–Kier alpha value is -2.23. The second kappa shape index (κ2) is 9.46.